The zero-order chi connectivity index (χ0) is 13.1. The molecule has 96 valence electrons. The average molecular weight is 249 g/mol. The van der Waals surface area contributed by atoms with Crippen LogP contribution in [-0.2, 0) is 0 Å². The molecule has 1 atom stereocenters. The predicted molar refractivity (Wildman–Crippen MR) is 67.3 cm³/mol. The van der Waals surface area contributed by atoms with Crippen LogP contribution in [0.4, 0.5) is 4.39 Å². The van der Waals surface area contributed by atoms with Gasteiger partial charge in [-0.2, -0.15) is 0 Å². The topological polar surface area (TPSA) is 34.4 Å². The Bertz CT molecular complexity index is 536. The van der Waals surface area contributed by atoms with E-state index >= 15 is 0 Å². The van der Waals surface area contributed by atoms with Gasteiger partial charge in [-0.3, -0.25) is 0 Å². The van der Waals surface area contributed by atoms with Crippen molar-refractivity contribution in [3.8, 4) is 5.75 Å². The molecule has 2 aromatic rings. The van der Waals surface area contributed by atoms with E-state index < -0.39 is 0 Å². The van der Waals surface area contributed by atoms with Gasteiger partial charge in [0.2, 0.25) is 0 Å². The molecule has 0 amide bonds. The molecule has 0 radical (unpaired) electrons. The van der Waals surface area contributed by atoms with Crippen molar-refractivity contribution in [2.75, 3.05) is 14.2 Å². The first-order valence-electron chi connectivity index (χ1n) is 5.72. The lowest BCUT2D eigenvalue weighted by Crippen LogP contribution is -2.19. The van der Waals surface area contributed by atoms with Crippen LogP contribution in [0, 0.1) is 12.7 Å². The highest BCUT2D eigenvalue weighted by Gasteiger charge is 2.22. The third kappa shape index (κ3) is 2.11. The molecule has 0 aliphatic rings. The van der Waals surface area contributed by atoms with Crippen LogP contribution in [0.3, 0.4) is 0 Å². The molecule has 1 aromatic carbocycles. The smallest absolute Gasteiger partial charge is 0.170 e. The summed E-state index contributed by atoms with van der Waals surface area (Å²) in [6.07, 6.45) is 1.60. The zero-order valence-corrected chi connectivity index (χ0v) is 10.7. The van der Waals surface area contributed by atoms with E-state index in [2.05, 4.69) is 5.32 Å². The minimum Gasteiger partial charge on any atom is -0.494 e. The number of nitrogens with one attached hydrogen (secondary N) is 1. The second-order valence-corrected chi connectivity index (χ2v) is 4.05. The van der Waals surface area contributed by atoms with E-state index in [9.17, 15) is 4.39 Å². The Balaban J connectivity index is 2.49. The first kappa shape index (κ1) is 12.6. The second kappa shape index (κ2) is 5.23. The Morgan fingerprint density at radius 2 is 2.11 bits per heavy atom. The van der Waals surface area contributed by atoms with E-state index in [0.29, 0.717) is 11.3 Å². The molecule has 0 spiro atoms. The summed E-state index contributed by atoms with van der Waals surface area (Å²) in [6.45, 7) is 1.93. The van der Waals surface area contributed by atoms with Gasteiger partial charge in [0.25, 0.3) is 0 Å². The number of hydrogen-bond acceptors (Lipinski definition) is 3. The number of halogens is 1. The van der Waals surface area contributed by atoms with Crippen molar-refractivity contribution in [2.45, 2.75) is 13.0 Å². The highest BCUT2D eigenvalue weighted by atomic mass is 19.1. The van der Waals surface area contributed by atoms with Crippen molar-refractivity contribution in [1.29, 1.82) is 0 Å². The van der Waals surface area contributed by atoms with Crippen molar-refractivity contribution in [3.63, 3.8) is 0 Å². The molecule has 1 heterocycles. The van der Waals surface area contributed by atoms with E-state index in [1.54, 1.807) is 31.5 Å². The fraction of sp³-hybridized carbons (Fsp3) is 0.286. The fourth-order valence-corrected chi connectivity index (χ4v) is 2.02. The van der Waals surface area contributed by atoms with Crippen molar-refractivity contribution >= 4 is 0 Å². The van der Waals surface area contributed by atoms with Gasteiger partial charge in [0, 0.05) is 5.56 Å². The summed E-state index contributed by atoms with van der Waals surface area (Å²) in [7, 11) is 3.22. The summed E-state index contributed by atoms with van der Waals surface area (Å²) in [5.74, 6) is 0.580. The van der Waals surface area contributed by atoms with Gasteiger partial charge in [-0.1, -0.05) is 12.1 Å². The van der Waals surface area contributed by atoms with Gasteiger partial charge in [0.1, 0.15) is 5.76 Å². The van der Waals surface area contributed by atoms with Crippen LogP contribution in [-0.4, -0.2) is 14.2 Å². The van der Waals surface area contributed by atoms with Crippen LogP contribution >= 0.6 is 0 Å². The van der Waals surface area contributed by atoms with Gasteiger partial charge in [0.15, 0.2) is 11.6 Å². The minimum atomic E-state index is -0.366. The highest BCUT2D eigenvalue weighted by Crippen LogP contribution is 2.30. The molecule has 0 aliphatic heterocycles. The summed E-state index contributed by atoms with van der Waals surface area (Å²) in [5, 5.41) is 3.06. The van der Waals surface area contributed by atoms with Crippen LogP contribution < -0.4 is 10.1 Å². The average Bonchev–Trinajstić information content (AvgIpc) is 2.79. The van der Waals surface area contributed by atoms with Gasteiger partial charge in [-0.25, -0.2) is 4.39 Å². The largest absolute Gasteiger partial charge is 0.494 e. The number of hydrogen-bond donors (Lipinski definition) is 1. The lowest BCUT2D eigenvalue weighted by atomic mass is 10.0. The second-order valence-electron chi connectivity index (χ2n) is 4.05. The molecule has 1 aromatic heterocycles. The molecule has 0 aliphatic carbocycles. The fourth-order valence-electron chi connectivity index (χ4n) is 2.02. The van der Waals surface area contributed by atoms with Gasteiger partial charge < -0.3 is 14.5 Å². The van der Waals surface area contributed by atoms with E-state index in [1.165, 1.54) is 7.11 Å². The third-order valence-corrected chi connectivity index (χ3v) is 2.98. The molecule has 0 saturated carbocycles. The number of benzene rings is 1. The van der Waals surface area contributed by atoms with E-state index in [0.717, 1.165) is 5.56 Å². The van der Waals surface area contributed by atoms with Gasteiger partial charge in [-0.05, 0) is 31.7 Å². The number of aryl methyl sites for hydroxylation is 1. The maximum absolute atomic E-state index is 14.2. The molecule has 0 fully saturated rings. The molecule has 1 unspecified atom stereocenters. The van der Waals surface area contributed by atoms with Crippen LogP contribution in [0.1, 0.15) is 22.9 Å². The summed E-state index contributed by atoms with van der Waals surface area (Å²) in [6, 6.07) is 6.62. The number of rotatable bonds is 4. The number of ether oxygens (including phenoxy) is 1. The zero-order valence-electron chi connectivity index (χ0n) is 10.7. The van der Waals surface area contributed by atoms with E-state index in [4.69, 9.17) is 9.15 Å². The molecule has 1 N–H and O–H groups in total. The first-order valence-corrected chi connectivity index (χ1v) is 5.72. The Morgan fingerprint density at radius 3 is 2.67 bits per heavy atom. The quantitative estimate of drug-likeness (QED) is 0.904. The van der Waals surface area contributed by atoms with E-state index in [1.807, 2.05) is 13.0 Å². The molecule has 0 saturated heterocycles. The van der Waals surface area contributed by atoms with Crippen LogP contribution in [0.15, 0.2) is 34.9 Å². The lowest BCUT2D eigenvalue weighted by Gasteiger charge is -2.17. The van der Waals surface area contributed by atoms with Gasteiger partial charge >= 0.3 is 0 Å². The molecular formula is C14H16FNO2. The van der Waals surface area contributed by atoms with Crippen LogP contribution in [0.5, 0.6) is 5.75 Å². The lowest BCUT2D eigenvalue weighted by molar-refractivity contribution is 0.378. The Labute approximate surface area is 106 Å². The third-order valence-electron chi connectivity index (χ3n) is 2.98. The maximum atomic E-state index is 14.2. The predicted octanol–water partition coefficient (Wildman–Crippen LogP) is 3.04. The summed E-state index contributed by atoms with van der Waals surface area (Å²) in [4.78, 5) is 0. The monoisotopic (exact) mass is 249 g/mol. The molecular weight excluding hydrogens is 233 g/mol. The molecule has 0 bridgehead atoms. The Morgan fingerprint density at radius 1 is 1.33 bits per heavy atom. The van der Waals surface area contributed by atoms with Gasteiger partial charge in [0.05, 0.1) is 19.4 Å². The summed E-state index contributed by atoms with van der Waals surface area (Å²) < 4.78 is 24.7. The molecule has 3 nitrogen and oxygen atoms in total. The highest BCUT2D eigenvalue weighted by molar-refractivity contribution is 5.37. The Kier molecular flexibility index (Phi) is 3.67. The number of furan rings is 1. The summed E-state index contributed by atoms with van der Waals surface area (Å²) >= 11 is 0. The van der Waals surface area contributed by atoms with Crippen LogP contribution in [0.25, 0.3) is 0 Å². The minimum absolute atomic E-state index is 0.233. The van der Waals surface area contributed by atoms with Crippen molar-refractivity contribution < 1.29 is 13.5 Å². The molecule has 2 rings (SSSR count). The van der Waals surface area contributed by atoms with E-state index in [-0.39, 0.29) is 17.6 Å². The number of methoxy groups -OCH3 is 1. The van der Waals surface area contributed by atoms with Crippen LogP contribution in [0.2, 0.25) is 0 Å². The van der Waals surface area contributed by atoms with Gasteiger partial charge in [-0.15, -0.1) is 0 Å². The summed E-state index contributed by atoms with van der Waals surface area (Å²) in [5.41, 5.74) is 1.49. The molecule has 18 heavy (non-hydrogen) atoms. The normalized spacial score (nSPS) is 12.4. The van der Waals surface area contributed by atoms with Crippen molar-refractivity contribution in [1.82, 2.24) is 5.32 Å². The Hall–Kier alpha value is -1.81. The maximum Gasteiger partial charge on any atom is 0.170 e. The first-order chi connectivity index (χ1) is 8.69. The SMILES string of the molecule is CNC(c1cccc(OC)c1F)c1occc1C. The molecule has 4 heteroatoms. The standard InChI is InChI=1S/C14H16FNO2/c1-9-7-8-18-14(9)13(16-2)10-5-4-6-11(17-3)12(10)15/h4-8,13,16H,1-3H3. The van der Waals surface area contributed by atoms with Crippen molar-refractivity contribution in [3.05, 3.63) is 53.2 Å². The van der Waals surface area contributed by atoms with Crippen molar-refractivity contribution in [2.24, 2.45) is 0 Å².